The number of aryl methyl sites for hydroxylation is 1. The Kier molecular flexibility index (Phi) is 3.84. The quantitative estimate of drug-likeness (QED) is 0.891. The van der Waals surface area contributed by atoms with Crippen LogP contribution in [0.5, 0.6) is 0 Å². The Bertz CT molecular complexity index is 468. The maximum Gasteiger partial charge on any atom is 0.150 e. The fourth-order valence-corrected chi connectivity index (χ4v) is 3.67. The minimum absolute atomic E-state index is 0.332. The normalized spacial score (nSPS) is 20.3. The molecule has 0 radical (unpaired) electrons. The second kappa shape index (κ2) is 5.19. The molecule has 1 heterocycles. The van der Waals surface area contributed by atoms with Crippen molar-refractivity contribution in [3.8, 4) is 0 Å². The summed E-state index contributed by atoms with van der Waals surface area (Å²) in [5.41, 5.74) is 2.52. The van der Waals surface area contributed by atoms with E-state index in [1.165, 1.54) is 11.1 Å². The van der Waals surface area contributed by atoms with Crippen molar-refractivity contribution in [3.05, 3.63) is 35.4 Å². The van der Waals surface area contributed by atoms with E-state index in [2.05, 4.69) is 36.5 Å². The highest BCUT2D eigenvalue weighted by Crippen LogP contribution is 2.13. The van der Waals surface area contributed by atoms with Crippen LogP contribution >= 0.6 is 0 Å². The van der Waals surface area contributed by atoms with E-state index in [0.717, 1.165) is 19.4 Å². The zero-order valence-electron chi connectivity index (χ0n) is 10.1. The maximum absolute atomic E-state index is 11.3. The van der Waals surface area contributed by atoms with Gasteiger partial charge in [0, 0.05) is 12.6 Å². The van der Waals surface area contributed by atoms with E-state index in [1.807, 2.05) is 0 Å². The van der Waals surface area contributed by atoms with Crippen LogP contribution in [0.15, 0.2) is 24.3 Å². The fraction of sp³-hybridized carbons (Fsp3) is 0.538. The lowest BCUT2D eigenvalue weighted by molar-refractivity contribution is 0.463. The summed E-state index contributed by atoms with van der Waals surface area (Å²) in [5, 5.41) is 3.44. The van der Waals surface area contributed by atoms with E-state index in [-0.39, 0.29) is 0 Å². The van der Waals surface area contributed by atoms with E-state index in [0.29, 0.717) is 17.5 Å². The first-order valence-electron chi connectivity index (χ1n) is 6.04. The van der Waals surface area contributed by atoms with Crippen LogP contribution in [0, 0.1) is 6.92 Å². The molecule has 1 saturated heterocycles. The molecule has 94 valence electrons. The van der Waals surface area contributed by atoms with Gasteiger partial charge in [-0.15, -0.1) is 0 Å². The molecule has 2 rings (SSSR count). The third kappa shape index (κ3) is 3.82. The number of hydrogen-bond donors (Lipinski definition) is 1. The molecule has 1 aliphatic heterocycles. The largest absolute Gasteiger partial charge is 0.310 e. The Morgan fingerprint density at radius 2 is 2.00 bits per heavy atom. The molecular weight excluding hydrogens is 234 g/mol. The molecule has 1 N–H and O–H groups in total. The van der Waals surface area contributed by atoms with Crippen LogP contribution in [-0.2, 0) is 16.4 Å². The first-order valence-corrected chi connectivity index (χ1v) is 7.87. The van der Waals surface area contributed by atoms with Gasteiger partial charge in [-0.05, 0) is 25.3 Å². The second-order valence-corrected chi connectivity index (χ2v) is 7.10. The van der Waals surface area contributed by atoms with Crippen LogP contribution in [0.4, 0.5) is 0 Å². The number of sulfone groups is 1. The minimum Gasteiger partial charge on any atom is -0.310 e. The zero-order valence-corrected chi connectivity index (χ0v) is 11.0. The number of rotatable bonds is 3. The summed E-state index contributed by atoms with van der Waals surface area (Å²) < 4.78 is 22.6. The predicted octanol–water partition coefficient (Wildman–Crippen LogP) is 1.66. The van der Waals surface area contributed by atoms with Gasteiger partial charge in [0.2, 0.25) is 0 Å². The molecule has 1 aliphatic rings. The molecule has 4 heteroatoms. The Hall–Kier alpha value is -0.870. The third-order valence-corrected chi connectivity index (χ3v) is 4.95. The molecule has 0 aliphatic carbocycles. The zero-order chi connectivity index (χ0) is 12.3. The van der Waals surface area contributed by atoms with E-state index in [9.17, 15) is 8.42 Å². The van der Waals surface area contributed by atoms with Crippen LogP contribution in [-0.4, -0.2) is 26.0 Å². The summed E-state index contributed by atoms with van der Waals surface area (Å²) in [6.07, 6.45) is 1.49. The van der Waals surface area contributed by atoms with Crippen LogP contribution in [0.3, 0.4) is 0 Å². The standard InChI is InChI=1S/C13H19NO2S/c1-11-3-2-4-12(9-11)10-14-13-5-7-17(15,16)8-6-13/h2-4,9,13-14H,5-8,10H2,1H3. The molecular formula is C13H19NO2S. The highest BCUT2D eigenvalue weighted by Gasteiger charge is 2.22. The molecule has 0 aromatic heterocycles. The van der Waals surface area contributed by atoms with Crippen LogP contribution in [0.25, 0.3) is 0 Å². The third-order valence-electron chi connectivity index (χ3n) is 3.23. The summed E-state index contributed by atoms with van der Waals surface area (Å²) in [5.74, 6) is 0.664. The van der Waals surface area contributed by atoms with Gasteiger partial charge in [0.05, 0.1) is 11.5 Å². The Balaban J connectivity index is 1.84. The first-order chi connectivity index (χ1) is 8.05. The lowest BCUT2D eigenvalue weighted by atomic mass is 10.1. The Labute approximate surface area is 103 Å². The van der Waals surface area contributed by atoms with Gasteiger partial charge in [0.1, 0.15) is 9.84 Å². The predicted molar refractivity (Wildman–Crippen MR) is 69.7 cm³/mol. The van der Waals surface area contributed by atoms with E-state index in [4.69, 9.17) is 0 Å². The summed E-state index contributed by atoms with van der Waals surface area (Å²) in [6.45, 7) is 2.91. The van der Waals surface area contributed by atoms with Gasteiger partial charge in [-0.1, -0.05) is 29.8 Å². The molecule has 0 amide bonds. The van der Waals surface area contributed by atoms with Crippen molar-refractivity contribution in [2.75, 3.05) is 11.5 Å². The second-order valence-electron chi connectivity index (χ2n) is 4.80. The lowest BCUT2D eigenvalue weighted by Gasteiger charge is -2.23. The van der Waals surface area contributed by atoms with Crippen molar-refractivity contribution in [1.29, 1.82) is 0 Å². The molecule has 1 aromatic rings. The Morgan fingerprint density at radius 3 is 2.65 bits per heavy atom. The van der Waals surface area contributed by atoms with Crippen molar-refractivity contribution in [2.24, 2.45) is 0 Å². The molecule has 0 saturated carbocycles. The summed E-state index contributed by atoms with van der Waals surface area (Å²) in [4.78, 5) is 0. The summed E-state index contributed by atoms with van der Waals surface area (Å²) in [7, 11) is -2.75. The van der Waals surface area contributed by atoms with Crippen molar-refractivity contribution in [3.63, 3.8) is 0 Å². The number of nitrogens with one attached hydrogen (secondary N) is 1. The van der Waals surface area contributed by atoms with Crippen molar-refractivity contribution >= 4 is 9.84 Å². The highest BCUT2D eigenvalue weighted by atomic mass is 32.2. The fourth-order valence-electron chi connectivity index (χ4n) is 2.18. The number of hydrogen-bond acceptors (Lipinski definition) is 3. The van der Waals surface area contributed by atoms with Crippen LogP contribution in [0.2, 0.25) is 0 Å². The van der Waals surface area contributed by atoms with Gasteiger partial charge in [-0.3, -0.25) is 0 Å². The van der Waals surface area contributed by atoms with Crippen LogP contribution < -0.4 is 5.32 Å². The molecule has 0 unspecified atom stereocenters. The topological polar surface area (TPSA) is 46.2 Å². The molecule has 0 bridgehead atoms. The monoisotopic (exact) mass is 253 g/mol. The molecule has 3 nitrogen and oxygen atoms in total. The maximum atomic E-state index is 11.3. The van der Waals surface area contributed by atoms with Gasteiger partial charge < -0.3 is 5.32 Å². The summed E-state index contributed by atoms with van der Waals surface area (Å²) in [6, 6.07) is 8.74. The highest BCUT2D eigenvalue weighted by molar-refractivity contribution is 7.91. The van der Waals surface area contributed by atoms with Gasteiger partial charge in [-0.2, -0.15) is 0 Å². The van der Waals surface area contributed by atoms with Gasteiger partial charge in [0.15, 0.2) is 0 Å². The smallest absolute Gasteiger partial charge is 0.150 e. The van der Waals surface area contributed by atoms with E-state index >= 15 is 0 Å². The van der Waals surface area contributed by atoms with Crippen LogP contribution in [0.1, 0.15) is 24.0 Å². The molecule has 17 heavy (non-hydrogen) atoms. The molecule has 1 fully saturated rings. The van der Waals surface area contributed by atoms with Crippen molar-refractivity contribution in [2.45, 2.75) is 32.4 Å². The van der Waals surface area contributed by atoms with Gasteiger partial charge >= 0.3 is 0 Å². The lowest BCUT2D eigenvalue weighted by Crippen LogP contribution is -2.37. The average molecular weight is 253 g/mol. The molecule has 0 spiro atoms. The SMILES string of the molecule is Cc1cccc(CNC2CCS(=O)(=O)CC2)c1. The van der Waals surface area contributed by atoms with Crippen molar-refractivity contribution < 1.29 is 8.42 Å². The van der Waals surface area contributed by atoms with E-state index < -0.39 is 9.84 Å². The minimum atomic E-state index is -2.75. The van der Waals surface area contributed by atoms with E-state index in [1.54, 1.807) is 0 Å². The average Bonchev–Trinajstić information content (AvgIpc) is 2.28. The first kappa shape index (κ1) is 12.6. The van der Waals surface area contributed by atoms with Gasteiger partial charge in [-0.25, -0.2) is 8.42 Å². The Morgan fingerprint density at radius 1 is 1.29 bits per heavy atom. The van der Waals surface area contributed by atoms with Gasteiger partial charge in [0.25, 0.3) is 0 Å². The van der Waals surface area contributed by atoms with Crippen molar-refractivity contribution in [1.82, 2.24) is 5.32 Å². The number of benzene rings is 1. The molecule has 1 aromatic carbocycles. The molecule has 0 atom stereocenters. The summed E-state index contributed by atoms with van der Waals surface area (Å²) >= 11 is 0.